The molecular formula is C13H18Cl2FNOY. The molecule has 1 fully saturated rings. The number of benzene rings is 1. The van der Waals surface area contributed by atoms with Crippen LogP contribution in [0.1, 0.15) is 44.2 Å². The second kappa shape index (κ2) is 7.67. The molecule has 105 valence electrons. The SMILES string of the molecule is CC1([C@H](N)c2c(F)ccc(Cl)c2Cl)CCCC1.O.[Y]. The van der Waals surface area contributed by atoms with Crippen LogP contribution < -0.4 is 5.73 Å². The third-order valence-corrected chi connectivity index (χ3v) is 4.71. The van der Waals surface area contributed by atoms with Gasteiger partial charge in [-0.1, -0.05) is 43.0 Å². The molecule has 19 heavy (non-hydrogen) atoms. The Kier molecular flexibility index (Phi) is 7.98. The first kappa shape index (κ1) is 19.8. The molecule has 0 aliphatic heterocycles. The van der Waals surface area contributed by atoms with Gasteiger partial charge in [0.25, 0.3) is 0 Å². The van der Waals surface area contributed by atoms with E-state index < -0.39 is 6.04 Å². The zero-order chi connectivity index (χ0) is 12.6. The summed E-state index contributed by atoms with van der Waals surface area (Å²) in [6.07, 6.45) is 4.31. The van der Waals surface area contributed by atoms with Crippen molar-refractivity contribution in [3.8, 4) is 0 Å². The van der Waals surface area contributed by atoms with Crippen molar-refractivity contribution in [2.45, 2.75) is 38.6 Å². The van der Waals surface area contributed by atoms with Crippen molar-refractivity contribution in [2.75, 3.05) is 0 Å². The molecule has 0 aromatic heterocycles. The first-order valence-corrected chi connectivity index (χ1v) is 6.60. The predicted molar refractivity (Wildman–Crippen MR) is 73.5 cm³/mol. The maximum absolute atomic E-state index is 13.9. The summed E-state index contributed by atoms with van der Waals surface area (Å²) in [6.45, 7) is 2.10. The van der Waals surface area contributed by atoms with E-state index >= 15 is 0 Å². The number of hydrogen-bond donors (Lipinski definition) is 1. The molecule has 0 amide bonds. The molecule has 0 saturated heterocycles. The molecule has 1 aliphatic rings. The molecule has 0 spiro atoms. The smallest absolute Gasteiger partial charge is 0.129 e. The van der Waals surface area contributed by atoms with Gasteiger partial charge in [0, 0.05) is 44.3 Å². The summed E-state index contributed by atoms with van der Waals surface area (Å²) < 4.78 is 13.9. The molecular weight excluding hydrogens is 365 g/mol. The van der Waals surface area contributed by atoms with Crippen molar-refractivity contribution in [3.63, 3.8) is 0 Å². The molecule has 2 nitrogen and oxygen atoms in total. The van der Waals surface area contributed by atoms with Crippen LogP contribution in [0.4, 0.5) is 4.39 Å². The molecule has 0 unspecified atom stereocenters. The first-order chi connectivity index (χ1) is 7.96. The molecule has 6 heteroatoms. The van der Waals surface area contributed by atoms with Crippen molar-refractivity contribution in [2.24, 2.45) is 11.1 Å². The van der Waals surface area contributed by atoms with Gasteiger partial charge in [-0.25, -0.2) is 4.39 Å². The molecule has 0 bridgehead atoms. The van der Waals surface area contributed by atoms with Crippen LogP contribution in [0, 0.1) is 11.2 Å². The molecule has 4 N–H and O–H groups in total. The number of rotatable bonds is 2. The molecule has 0 heterocycles. The fourth-order valence-corrected chi connectivity index (χ4v) is 3.11. The van der Waals surface area contributed by atoms with Crippen LogP contribution >= 0.6 is 23.2 Å². The van der Waals surface area contributed by atoms with E-state index in [9.17, 15) is 4.39 Å². The van der Waals surface area contributed by atoms with Crippen molar-refractivity contribution in [1.29, 1.82) is 0 Å². The van der Waals surface area contributed by atoms with Gasteiger partial charge < -0.3 is 11.2 Å². The van der Waals surface area contributed by atoms with E-state index in [0.29, 0.717) is 10.6 Å². The zero-order valence-electron chi connectivity index (χ0n) is 10.8. The first-order valence-electron chi connectivity index (χ1n) is 5.85. The molecule has 1 aromatic rings. The van der Waals surface area contributed by atoms with E-state index in [2.05, 4.69) is 6.92 Å². The van der Waals surface area contributed by atoms with Crippen LogP contribution in [0.5, 0.6) is 0 Å². The summed E-state index contributed by atoms with van der Waals surface area (Å²) in [5.74, 6) is -0.361. The molecule has 1 atom stereocenters. The number of nitrogens with two attached hydrogens (primary N) is 1. The van der Waals surface area contributed by atoms with Gasteiger partial charge in [-0.05, 0) is 30.4 Å². The quantitative estimate of drug-likeness (QED) is 0.775. The minimum atomic E-state index is -0.392. The summed E-state index contributed by atoms with van der Waals surface area (Å²) in [4.78, 5) is 0. The van der Waals surface area contributed by atoms with E-state index in [1.54, 1.807) is 0 Å². The van der Waals surface area contributed by atoms with Gasteiger partial charge in [0.15, 0.2) is 0 Å². The molecule has 1 radical (unpaired) electrons. The van der Waals surface area contributed by atoms with Gasteiger partial charge in [0.1, 0.15) is 5.82 Å². The van der Waals surface area contributed by atoms with Gasteiger partial charge in [-0.3, -0.25) is 0 Å². The van der Waals surface area contributed by atoms with Crippen molar-refractivity contribution in [3.05, 3.63) is 33.6 Å². The van der Waals surface area contributed by atoms with Gasteiger partial charge in [0.05, 0.1) is 10.0 Å². The normalized spacial score (nSPS) is 18.4. The van der Waals surface area contributed by atoms with Crippen LogP contribution in [-0.4, -0.2) is 5.48 Å². The largest absolute Gasteiger partial charge is 0.412 e. The summed E-state index contributed by atoms with van der Waals surface area (Å²) in [6, 6.07) is 2.41. The van der Waals surface area contributed by atoms with Crippen molar-refractivity contribution in [1.82, 2.24) is 0 Å². The predicted octanol–water partition coefficient (Wildman–Crippen LogP) is 3.89. The second-order valence-corrected chi connectivity index (χ2v) is 5.88. The molecule has 1 aliphatic carbocycles. The Morgan fingerprint density at radius 1 is 1.26 bits per heavy atom. The Bertz CT molecular complexity index is 439. The van der Waals surface area contributed by atoms with E-state index in [-0.39, 0.29) is 54.4 Å². The van der Waals surface area contributed by atoms with Gasteiger partial charge >= 0.3 is 0 Å². The van der Waals surface area contributed by atoms with E-state index in [1.165, 1.54) is 12.1 Å². The molecule has 1 saturated carbocycles. The van der Waals surface area contributed by atoms with Gasteiger partial charge in [-0.2, -0.15) is 0 Å². The summed E-state index contributed by atoms with van der Waals surface area (Å²) in [7, 11) is 0. The molecule has 2 rings (SSSR count). The van der Waals surface area contributed by atoms with Crippen LogP contribution in [0.15, 0.2) is 12.1 Å². The van der Waals surface area contributed by atoms with E-state index in [1.807, 2.05) is 0 Å². The van der Waals surface area contributed by atoms with Crippen molar-refractivity contribution >= 4 is 23.2 Å². The Morgan fingerprint density at radius 2 is 1.79 bits per heavy atom. The fourth-order valence-electron chi connectivity index (χ4n) is 2.67. The fraction of sp³-hybridized carbons (Fsp3) is 0.538. The van der Waals surface area contributed by atoms with Gasteiger partial charge in [-0.15, -0.1) is 0 Å². The number of halogens is 3. The molecule has 1 aromatic carbocycles. The topological polar surface area (TPSA) is 57.5 Å². The minimum Gasteiger partial charge on any atom is -0.412 e. The average molecular weight is 383 g/mol. The maximum Gasteiger partial charge on any atom is 0.129 e. The Labute approximate surface area is 148 Å². The Morgan fingerprint density at radius 3 is 2.32 bits per heavy atom. The Balaban J connectivity index is 0.00000162. The van der Waals surface area contributed by atoms with Crippen LogP contribution in [-0.2, 0) is 32.7 Å². The van der Waals surface area contributed by atoms with Gasteiger partial charge in [0.2, 0.25) is 0 Å². The summed E-state index contributed by atoms with van der Waals surface area (Å²) in [5.41, 5.74) is 6.51. The summed E-state index contributed by atoms with van der Waals surface area (Å²) in [5, 5.41) is 0.618. The monoisotopic (exact) mass is 382 g/mol. The average Bonchev–Trinajstić information content (AvgIpc) is 2.72. The maximum atomic E-state index is 13.9. The van der Waals surface area contributed by atoms with E-state index in [4.69, 9.17) is 28.9 Å². The number of hydrogen-bond acceptors (Lipinski definition) is 1. The third kappa shape index (κ3) is 3.90. The second-order valence-electron chi connectivity index (χ2n) is 5.10. The van der Waals surface area contributed by atoms with Crippen LogP contribution in [0.2, 0.25) is 10.0 Å². The standard InChI is InChI=1S/C13H16Cl2FN.H2O.Y/c1-13(6-2-3-7-13)12(17)10-9(16)5-4-8(14)11(10)15;;/h4-5,12H,2-3,6-7,17H2,1H3;1H2;/t12-;;/m1../s1. The van der Waals surface area contributed by atoms with E-state index in [0.717, 1.165) is 25.7 Å². The van der Waals surface area contributed by atoms with Crippen LogP contribution in [0.25, 0.3) is 0 Å². The van der Waals surface area contributed by atoms with Crippen LogP contribution in [0.3, 0.4) is 0 Å². The summed E-state index contributed by atoms with van der Waals surface area (Å²) >= 11 is 12.0. The zero-order valence-corrected chi connectivity index (χ0v) is 15.2. The third-order valence-electron chi connectivity index (χ3n) is 3.89. The van der Waals surface area contributed by atoms with Crippen molar-refractivity contribution < 1.29 is 42.6 Å². The minimum absolute atomic E-state index is 0. The Hall–Kier alpha value is 0.754.